The van der Waals surface area contributed by atoms with Crippen LogP contribution in [-0.4, -0.2) is 41.4 Å². The van der Waals surface area contributed by atoms with Gasteiger partial charge in [-0.3, -0.25) is 14.9 Å². The summed E-state index contributed by atoms with van der Waals surface area (Å²) in [5, 5.41) is 4.82. The van der Waals surface area contributed by atoms with Gasteiger partial charge in [-0.2, -0.15) is 0 Å². The molecule has 128 valence electrons. The molecule has 1 aromatic rings. The number of hydrogen-bond acceptors (Lipinski definition) is 3. The van der Waals surface area contributed by atoms with Crippen LogP contribution < -0.4 is 10.6 Å². The first-order chi connectivity index (χ1) is 11.5. The molecule has 2 heterocycles. The molecule has 0 aliphatic carbocycles. The summed E-state index contributed by atoms with van der Waals surface area (Å²) in [6.07, 6.45) is 2.51. The largest absolute Gasteiger partial charge is 0.343 e. The van der Waals surface area contributed by atoms with E-state index in [-0.39, 0.29) is 18.2 Å². The highest BCUT2D eigenvalue weighted by Gasteiger charge is 2.42. The Hall–Kier alpha value is -2.37. The lowest BCUT2D eigenvalue weighted by molar-refractivity contribution is -0.133. The van der Waals surface area contributed by atoms with Gasteiger partial charge in [-0.15, -0.1) is 0 Å². The predicted octanol–water partition coefficient (Wildman–Crippen LogP) is 1.77. The summed E-state index contributed by atoms with van der Waals surface area (Å²) in [4.78, 5) is 37.3. The van der Waals surface area contributed by atoms with Crippen molar-refractivity contribution in [3.05, 3.63) is 35.9 Å². The van der Waals surface area contributed by atoms with Crippen LogP contribution in [0.1, 0.15) is 44.1 Å². The minimum absolute atomic E-state index is 0.0525. The monoisotopic (exact) mass is 329 g/mol. The summed E-state index contributed by atoms with van der Waals surface area (Å²) in [5.74, 6) is 0.201. The molecule has 6 heteroatoms. The van der Waals surface area contributed by atoms with Crippen LogP contribution in [0.4, 0.5) is 4.79 Å². The van der Waals surface area contributed by atoms with Crippen molar-refractivity contribution < 1.29 is 14.4 Å². The molecule has 0 radical (unpaired) electrons. The number of amides is 4. The third-order valence-corrected chi connectivity index (χ3v) is 5.08. The molecule has 0 spiro atoms. The molecule has 3 rings (SSSR count). The summed E-state index contributed by atoms with van der Waals surface area (Å²) in [5.41, 5.74) is 0.359. The van der Waals surface area contributed by atoms with Gasteiger partial charge in [-0.25, -0.2) is 4.79 Å². The Morgan fingerprint density at radius 3 is 2.46 bits per heavy atom. The first kappa shape index (κ1) is 16.5. The van der Waals surface area contributed by atoms with E-state index in [9.17, 15) is 14.4 Å². The van der Waals surface area contributed by atoms with E-state index in [2.05, 4.69) is 34.9 Å². The summed E-state index contributed by atoms with van der Waals surface area (Å²) < 4.78 is 0. The maximum absolute atomic E-state index is 12.4. The third-order valence-electron chi connectivity index (χ3n) is 5.08. The van der Waals surface area contributed by atoms with Gasteiger partial charge in [0.1, 0.15) is 5.54 Å². The molecule has 2 N–H and O–H groups in total. The molecule has 0 saturated carbocycles. The zero-order valence-electron chi connectivity index (χ0n) is 13.9. The Bertz CT molecular complexity index is 638. The lowest BCUT2D eigenvalue weighted by Crippen LogP contribution is -2.45. The average molecular weight is 329 g/mol. The molecule has 1 atom stereocenters. The zero-order valence-corrected chi connectivity index (χ0v) is 13.9. The Morgan fingerprint density at radius 1 is 1.21 bits per heavy atom. The van der Waals surface area contributed by atoms with Crippen LogP contribution in [0.2, 0.25) is 0 Å². The Balaban J connectivity index is 1.49. The third kappa shape index (κ3) is 3.42. The number of benzene rings is 1. The van der Waals surface area contributed by atoms with Crippen LogP contribution in [-0.2, 0) is 9.59 Å². The number of nitrogens with zero attached hydrogens (tertiary/aromatic N) is 1. The predicted molar refractivity (Wildman–Crippen MR) is 89.3 cm³/mol. The molecule has 6 nitrogen and oxygen atoms in total. The molecule has 24 heavy (non-hydrogen) atoms. The smallest absolute Gasteiger partial charge is 0.322 e. The fourth-order valence-electron chi connectivity index (χ4n) is 3.46. The van der Waals surface area contributed by atoms with Crippen LogP contribution in [0.15, 0.2) is 30.3 Å². The molecule has 2 fully saturated rings. The number of likely N-dealkylation sites (tertiary alicyclic amines) is 1. The van der Waals surface area contributed by atoms with Crippen molar-refractivity contribution in [3.63, 3.8) is 0 Å². The lowest BCUT2D eigenvalue weighted by Gasteiger charge is -2.33. The molecule has 1 unspecified atom stereocenters. The van der Waals surface area contributed by atoms with Crippen molar-refractivity contribution in [2.75, 3.05) is 13.1 Å². The highest BCUT2D eigenvalue weighted by molar-refractivity contribution is 6.06. The van der Waals surface area contributed by atoms with E-state index in [1.807, 2.05) is 11.0 Å². The summed E-state index contributed by atoms with van der Waals surface area (Å²) in [6.45, 7) is 3.14. The lowest BCUT2D eigenvalue weighted by atomic mass is 9.89. The molecule has 0 bridgehead atoms. The topological polar surface area (TPSA) is 78.5 Å². The van der Waals surface area contributed by atoms with Gasteiger partial charge in [0.05, 0.1) is 0 Å². The van der Waals surface area contributed by atoms with Gasteiger partial charge in [-0.1, -0.05) is 30.3 Å². The Morgan fingerprint density at radius 2 is 1.88 bits per heavy atom. The van der Waals surface area contributed by atoms with E-state index in [0.717, 1.165) is 25.9 Å². The first-order valence-corrected chi connectivity index (χ1v) is 8.44. The summed E-state index contributed by atoms with van der Waals surface area (Å²) >= 11 is 0. The quantitative estimate of drug-likeness (QED) is 0.826. The minimum atomic E-state index is -0.977. The van der Waals surface area contributed by atoms with E-state index in [0.29, 0.717) is 12.3 Å². The number of hydrogen-bond donors (Lipinski definition) is 2. The van der Waals surface area contributed by atoms with Gasteiger partial charge in [0.25, 0.3) is 5.91 Å². The highest BCUT2D eigenvalue weighted by Crippen LogP contribution is 2.28. The molecular weight excluding hydrogens is 306 g/mol. The summed E-state index contributed by atoms with van der Waals surface area (Å²) in [6, 6.07) is 9.91. The van der Waals surface area contributed by atoms with Crippen LogP contribution >= 0.6 is 0 Å². The van der Waals surface area contributed by atoms with Crippen molar-refractivity contribution in [2.45, 2.75) is 44.1 Å². The van der Waals surface area contributed by atoms with E-state index in [1.165, 1.54) is 5.56 Å². The minimum Gasteiger partial charge on any atom is -0.343 e. The number of nitrogens with one attached hydrogen (secondary N) is 2. The second-order valence-electron chi connectivity index (χ2n) is 6.81. The van der Waals surface area contributed by atoms with Gasteiger partial charge in [-0.05, 0) is 37.7 Å². The summed E-state index contributed by atoms with van der Waals surface area (Å²) in [7, 11) is 0. The maximum Gasteiger partial charge on any atom is 0.322 e. The van der Waals surface area contributed by atoms with E-state index < -0.39 is 11.6 Å². The SMILES string of the molecule is CC1(CCC(=O)N2CCC(c3ccccc3)CC2)NC(=O)NC1=O. The number of carbonyl (C=O) groups is 3. The molecular formula is C18H23N3O3. The van der Waals surface area contributed by atoms with Crippen molar-refractivity contribution in [2.24, 2.45) is 0 Å². The van der Waals surface area contributed by atoms with Gasteiger partial charge < -0.3 is 10.2 Å². The Labute approximate surface area is 141 Å². The van der Waals surface area contributed by atoms with Gasteiger partial charge in [0.2, 0.25) is 5.91 Å². The second kappa shape index (κ2) is 6.63. The number of urea groups is 1. The van der Waals surface area contributed by atoms with E-state index in [4.69, 9.17) is 0 Å². The van der Waals surface area contributed by atoms with Crippen molar-refractivity contribution >= 4 is 17.8 Å². The highest BCUT2D eigenvalue weighted by atomic mass is 16.2. The van der Waals surface area contributed by atoms with Gasteiger partial charge in [0.15, 0.2) is 0 Å². The number of carbonyl (C=O) groups excluding carboxylic acids is 3. The molecule has 2 aliphatic heterocycles. The first-order valence-electron chi connectivity index (χ1n) is 8.44. The van der Waals surface area contributed by atoms with Gasteiger partial charge >= 0.3 is 6.03 Å². The second-order valence-corrected chi connectivity index (χ2v) is 6.81. The normalized spacial score (nSPS) is 24.6. The van der Waals surface area contributed by atoms with Crippen LogP contribution in [0.3, 0.4) is 0 Å². The fraction of sp³-hybridized carbons (Fsp3) is 0.500. The molecule has 2 aliphatic rings. The average Bonchev–Trinajstić information content (AvgIpc) is 2.86. The number of rotatable bonds is 4. The zero-order chi connectivity index (χ0) is 17.2. The number of piperidine rings is 1. The van der Waals surface area contributed by atoms with Crippen molar-refractivity contribution in [1.82, 2.24) is 15.5 Å². The van der Waals surface area contributed by atoms with Crippen LogP contribution in [0.5, 0.6) is 0 Å². The molecule has 1 aromatic carbocycles. The number of imide groups is 1. The fourth-order valence-corrected chi connectivity index (χ4v) is 3.46. The van der Waals surface area contributed by atoms with Crippen molar-refractivity contribution in [1.29, 1.82) is 0 Å². The van der Waals surface area contributed by atoms with Crippen molar-refractivity contribution in [3.8, 4) is 0 Å². The molecule has 2 saturated heterocycles. The van der Waals surface area contributed by atoms with E-state index in [1.54, 1.807) is 6.92 Å². The maximum atomic E-state index is 12.4. The van der Waals surface area contributed by atoms with E-state index >= 15 is 0 Å². The van der Waals surface area contributed by atoms with Crippen LogP contribution in [0.25, 0.3) is 0 Å². The van der Waals surface area contributed by atoms with Gasteiger partial charge in [0, 0.05) is 19.5 Å². The Kier molecular flexibility index (Phi) is 4.55. The standard InChI is InChI=1S/C18H23N3O3/c1-18(16(23)19-17(24)20-18)10-7-15(22)21-11-8-14(9-12-21)13-5-3-2-4-6-13/h2-6,14H,7-12H2,1H3,(H2,19,20,23,24). The molecule has 4 amide bonds. The molecule has 0 aromatic heterocycles. The van der Waals surface area contributed by atoms with Crippen LogP contribution in [0, 0.1) is 0 Å².